The molecule has 0 N–H and O–H groups in total. The first kappa shape index (κ1) is 15.8. The Kier molecular flexibility index (Phi) is 4.51. The van der Waals surface area contributed by atoms with Crippen molar-refractivity contribution in [1.29, 1.82) is 0 Å². The minimum absolute atomic E-state index is 0.0318. The van der Waals surface area contributed by atoms with Crippen LogP contribution < -0.4 is 10.4 Å². The Hall–Kier alpha value is -2.10. The van der Waals surface area contributed by atoms with Crippen molar-refractivity contribution in [1.82, 2.24) is 0 Å². The summed E-state index contributed by atoms with van der Waals surface area (Å²) in [4.78, 5) is 12.2. The molecular weight excluding hydrogens is 295 g/mol. The zero-order valence-corrected chi connectivity index (χ0v) is 13.5. The second-order valence-electron chi connectivity index (χ2n) is 6.12. The fourth-order valence-corrected chi connectivity index (χ4v) is 3.47. The number of rotatable bonds is 3. The SMILES string of the molecule is C/C=C/C1CCC(c2cc3ccc(OC)c(F)c3c(=O)o2)CC1. The molecule has 2 aromatic rings. The Morgan fingerprint density at radius 1 is 1.26 bits per heavy atom. The first-order valence-electron chi connectivity index (χ1n) is 8.07. The van der Waals surface area contributed by atoms with Crippen LogP contribution in [0.1, 0.15) is 44.3 Å². The van der Waals surface area contributed by atoms with Gasteiger partial charge in [-0.1, -0.05) is 18.2 Å². The van der Waals surface area contributed by atoms with E-state index in [-0.39, 0.29) is 17.1 Å². The summed E-state index contributed by atoms with van der Waals surface area (Å²) in [5, 5.41) is 0.542. The third-order valence-corrected chi connectivity index (χ3v) is 4.71. The Balaban J connectivity index is 1.94. The standard InChI is InChI=1S/C19H21FO3/c1-3-4-12-5-7-13(8-6-12)16-11-14-9-10-15(22-2)18(20)17(14)19(21)23-16/h3-4,9-13H,5-8H2,1-2H3/b4-3+. The van der Waals surface area contributed by atoms with Crippen molar-refractivity contribution < 1.29 is 13.5 Å². The molecule has 0 amide bonds. The van der Waals surface area contributed by atoms with Gasteiger partial charge >= 0.3 is 5.63 Å². The molecule has 0 spiro atoms. The van der Waals surface area contributed by atoms with Gasteiger partial charge in [0.25, 0.3) is 0 Å². The van der Waals surface area contributed by atoms with Gasteiger partial charge in [-0.25, -0.2) is 9.18 Å². The fraction of sp³-hybridized carbons (Fsp3) is 0.421. The van der Waals surface area contributed by atoms with E-state index in [1.165, 1.54) is 7.11 Å². The zero-order chi connectivity index (χ0) is 16.4. The average molecular weight is 316 g/mol. The molecular formula is C19H21FO3. The van der Waals surface area contributed by atoms with E-state index in [1.807, 2.05) is 6.92 Å². The molecule has 1 aliphatic rings. The van der Waals surface area contributed by atoms with Gasteiger partial charge in [-0.3, -0.25) is 0 Å². The molecule has 23 heavy (non-hydrogen) atoms. The van der Waals surface area contributed by atoms with Crippen LogP contribution in [0.25, 0.3) is 10.8 Å². The summed E-state index contributed by atoms with van der Waals surface area (Å²) in [6.07, 6.45) is 8.50. The lowest BCUT2D eigenvalue weighted by Gasteiger charge is -2.25. The normalized spacial score (nSPS) is 21.9. The van der Waals surface area contributed by atoms with Gasteiger partial charge in [0.2, 0.25) is 0 Å². The zero-order valence-electron chi connectivity index (χ0n) is 13.5. The molecule has 1 aliphatic carbocycles. The van der Waals surface area contributed by atoms with Gasteiger partial charge in [0.15, 0.2) is 11.6 Å². The van der Waals surface area contributed by atoms with E-state index >= 15 is 0 Å². The third kappa shape index (κ3) is 3.03. The number of benzene rings is 1. The molecule has 1 aromatic carbocycles. The van der Waals surface area contributed by atoms with Crippen LogP contribution in [0.4, 0.5) is 4.39 Å². The monoisotopic (exact) mass is 316 g/mol. The summed E-state index contributed by atoms with van der Waals surface area (Å²) < 4.78 is 24.6. The first-order chi connectivity index (χ1) is 11.1. The fourth-order valence-electron chi connectivity index (χ4n) is 3.47. The van der Waals surface area contributed by atoms with Gasteiger partial charge in [-0.15, -0.1) is 0 Å². The van der Waals surface area contributed by atoms with E-state index in [4.69, 9.17) is 9.15 Å². The van der Waals surface area contributed by atoms with Gasteiger partial charge in [0.05, 0.1) is 7.11 Å². The molecule has 0 bridgehead atoms. The molecule has 1 fully saturated rings. The van der Waals surface area contributed by atoms with E-state index in [9.17, 15) is 9.18 Å². The maximum Gasteiger partial charge on any atom is 0.346 e. The highest BCUT2D eigenvalue weighted by molar-refractivity contribution is 5.83. The summed E-state index contributed by atoms with van der Waals surface area (Å²) in [7, 11) is 1.38. The highest BCUT2D eigenvalue weighted by Gasteiger charge is 2.24. The van der Waals surface area contributed by atoms with Crippen molar-refractivity contribution in [2.45, 2.75) is 38.5 Å². The maximum atomic E-state index is 14.2. The molecule has 0 unspecified atom stereocenters. The number of halogens is 1. The van der Waals surface area contributed by atoms with Crippen LogP contribution in [0.5, 0.6) is 5.75 Å². The number of ether oxygens (including phenoxy) is 1. The smallest absolute Gasteiger partial charge is 0.346 e. The van der Waals surface area contributed by atoms with Crippen molar-refractivity contribution >= 4 is 10.8 Å². The Morgan fingerprint density at radius 2 is 2.00 bits per heavy atom. The minimum atomic E-state index is -0.651. The van der Waals surface area contributed by atoms with E-state index in [1.54, 1.807) is 18.2 Å². The van der Waals surface area contributed by atoms with Gasteiger partial charge in [0, 0.05) is 5.92 Å². The van der Waals surface area contributed by atoms with Crippen molar-refractivity contribution in [3.63, 3.8) is 0 Å². The number of fused-ring (bicyclic) bond motifs is 1. The van der Waals surface area contributed by atoms with Crippen LogP contribution in [-0.2, 0) is 0 Å². The molecule has 0 saturated heterocycles. The quantitative estimate of drug-likeness (QED) is 0.764. The largest absolute Gasteiger partial charge is 0.494 e. The van der Waals surface area contributed by atoms with Gasteiger partial charge < -0.3 is 9.15 Å². The molecule has 3 rings (SSSR count). The van der Waals surface area contributed by atoms with E-state index in [0.717, 1.165) is 25.7 Å². The maximum absolute atomic E-state index is 14.2. The summed E-state index contributed by atoms with van der Waals surface area (Å²) >= 11 is 0. The predicted octanol–water partition coefficient (Wildman–Crippen LogP) is 4.79. The number of hydrogen-bond donors (Lipinski definition) is 0. The third-order valence-electron chi connectivity index (χ3n) is 4.71. The van der Waals surface area contributed by atoms with Gasteiger partial charge in [-0.05, 0) is 56.0 Å². The number of allylic oxidation sites excluding steroid dienone is 2. The molecule has 1 saturated carbocycles. The van der Waals surface area contributed by atoms with Crippen LogP contribution in [0.2, 0.25) is 0 Å². The topological polar surface area (TPSA) is 39.4 Å². The lowest BCUT2D eigenvalue weighted by Crippen LogP contribution is -2.14. The van der Waals surface area contributed by atoms with Crippen LogP contribution in [0.15, 0.2) is 39.6 Å². The molecule has 0 aliphatic heterocycles. The highest BCUT2D eigenvalue weighted by atomic mass is 19.1. The second-order valence-corrected chi connectivity index (χ2v) is 6.12. The van der Waals surface area contributed by atoms with E-state index in [0.29, 0.717) is 17.1 Å². The van der Waals surface area contributed by atoms with Crippen molar-refractivity contribution in [2.75, 3.05) is 7.11 Å². The molecule has 0 atom stereocenters. The van der Waals surface area contributed by atoms with E-state index in [2.05, 4.69) is 12.2 Å². The van der Waals surface area contributed by atoms with Crippen molar-refractivity contribution in [3.05, 3.63) is 52.3 Å². The van der Waals surface area contributed by atoms with Crippen LogP contribution in [0, 0.1) is 11.7 Å². The lowest BCUT2D eigenvalue weighted by atomic mass is 9.80. The van der Waals surface area contributed by atoms with E-state index < -0.39 is 11.4 Å². The first-order valence-corrected chi connectivity index (χ1v) is 8.07. The second kappa shape index (κ2) is 6.57. The molecule has 0 radical (unpaired) electrons. The summed E-state index contributed by atoms with van der Waals surface area (Å²) in [5.74, 6) is 0.932. The van der Waals surface area contributed by atoms with Crippen LogP contribution in [0.3, 0.4) is 0 Å². The number of hydrogen-bond acceptors (Lipinski definition) is 3. The predicted molar refractivity (Wildman–Crippen MR) is 88.5 cm³/mol. The summed E-state index contributed by atoms with van der Waals surface area (Å²) in [6, 6.07) is 5.06. The molecule has 1 heterocycles. The minimum Gasteiger partial charge on any atom is -0.494 e. The Labute approximate surface area is 134 Å². The van der Waals surface area contributed by atoms with Crippen LogP contribution in [-0.4, -0.2) is 7.11 Å². The molecule has 3 nitrogen and oxygen atoms in total. The van der Waals surface area contributed by atoms with Gasteiger partial charge in [-0.2, -0.15) is 0 Å². The summed E-state index contributed by atoms with van der Waals surface area (Å²) in [6.45, 7) is 2.04. The lowest BCUT2D eigenvalue weighted by molar-refractivity contribution is 0.323. The summed E-state index contributed by atoms with van der Waals surface area (Å²) in [5.41, 5.74) is -0.621. The Bertz CT molecular complexity index is 783. The molecule has 122 valence electrons. The highest BCUT2D eigenvalue weighted by Crippen LogP contribution is 2.37. The molecule has 4 heteroatoms. The van der Waals surface area contributed by atoms with Crippen molar-refractivity contribution in [3.8, 4) is 5.75 Å². The Morgan fingerprint density at radius 3 is 2.65 bits per heavy atom. The molecule has 1 aromatic heterocycles. The van der Waals surface area contributed by atoms with Crippen molar-refractivity contribution in [2.24, 2.45) is 5.92 Å². The van der Waals surface area contributed by atoms with Gasteiger partial charge in [0.1, 0.15) is 11.1 Å². The van der Waals surface area contributed by atoms with Crippen LogP contribution >= 0.6 is 0 Å². The average Bonchev–Trinajstić information content (AvgIpc) is 2.56. The number of methoxy groups -OCH3 is 1.